The second-order valence-electron chi connectivity index (χ2n) is 3.88. The highest BCUT2D eigenvalue weighted by Gasteiger charge is 2.05. The van der Waals surface area contributed by atoms with Gasteiger partial charge in [-0.2, -0.15) is 0 Å². The average molecular weight is 215 g/mol. The first-order chi connectivity index (χ1) is 7.20. The van der Waals surface area contributed by atoms with E-state index >= 15 is 0 Å². The zero-order valence-electron chi connectivity index (χ0n) is 10.3. The van der Waals surface area contributed by atoms with Gasteiger partial charge in [-0.05, 0) is 33.2 Å². The lowest BCUT2D eigenvalue weighted by atomic mass is 10.1. The Bertz CT molecular complexity index is 160. The van der Waals surface area contributed by atoms with Gasteiger partial charge < -0.3 is 14.8 Å². The second-order valence-corrected chi connectivity index (χ2v) is 3.88. The van der Waals surface area contributed by atoms with Crippen molar-refractivity contribution in [1.29, 1.82) is 0 Å². The third kappa shape index (κ3) is 9.91. The van der Waals surface area contributed by atoms with E-state index in [0.717, 1.165) is 25.9 Å². The van der Waals surface area contributed by atoms with Crippen molar-refractivity contribution in [2.45, 2.75) is 32.2 Å². The van der Waals surface area contributed by atoms with Crippen LogP contribution >= 0.6 is 0 Å². The molecule has 0 fully saturated rings. The van der Waals surface area contributed by atoms with Gasteiger partial charge >= 0.3 is 0 Å². The van der Waals surface area contributed by atoms with E-state index in [9.17, 15) is 0 Å². The lowest BCUT2D eigenvalue weighted by Gasteiger charge is -2.15. The molecule has 0 rings (SSSR count). The molecular weight excluding hydrogens is 190 g/mol. The molecule has 0 heterocycles. The Morgan fingerprint density at radius 2 is 2.00 bits per heavy atom. The molecule has 0 aromatic heterocycles. The highest BCUT2D eigenvalue weighted by Crippen LogP contribution is 2.07. The summed E-state index contributed by atoms with van der Waals surface area (Å²) in [4.78, 5) is 0. The van der Waals surface area contributed by atoms with Crippen molar-refractivity contribution in [3.05, 3.63) is 12.2 Å². The zero-order valence-corrected chi connectivity index (χ0v) is 10.3. The Morgan fingerprint density at radius 3 is 2.53 bits per heavy atom. The van der Waals surface area contributed by atoms with Crippen molar-refractivity contribution in [3.8, 4) is 0 Å². The lowest BCUT2D eigenvalue weighted by Crippen LogP contribution is -2.26. The molecule has 0 spiro atoms. The van der Waals surface area contributed by atoms with Gasteiger partial charge in [0.25, 0.3) is 0 Å². The molecule has 0 aliphatic heterocycles. The first-order valence-electron chi connectivity index (χ1n) is 5.59. The first kappa shape index (κ1) is 14.6. The molecule has 0 amide bonds. The smallest absolute Gasteiger partial charge is 0.0700 e. The Kier molecular flexibility index (Phi) is 9.89. The van der Waals surface area contributed by atoms with E-state index in [1.807, 2.05) is 7.05 Å². The first-order valence-corrected chi connectivity index (χ1v) is 5.59. The van der Waals surface area contributed by atoms with Gasteiger partial charge in [0.15, 0.2) is 0 Å². The summed E-state index contributed by atoms with van der Waals surface area (Å²) in [5.74, 6) is 0. The Hall–Kier alpha value is -0.380. The molecule has 3 heteroatoms. The summed E-state index contributed by atoms with van der Waals surface area (Å²) in [5, 5.41) is 3.30. The van der Waals surface area contributed by atoms with E-state index in [0.29, 0.717) is 19.3 Å². The van der Waals surface area contributed by atoms with Crippen molar-refractivity contribution in [1.82, 2.24) is 5.32 Å². The minimum atomic E-state index is 0.532. The Labute approximate surface area is 93.8 Å². The minimum Gasteiger partial charge on any atom is -0.382 e. The standard InChI is InChI=1S/C12H25NO2/c1-11(2)5-6-12(13-3)7-8-15-10-9-14-4/h12-13H,1,5-10H2,2-4H3. The van der Waals surface area contributed by atoms with Crippen LogP contribution in [0.1, 0.15) is 26.2 Å². The van der Waals surface area contributed by atoms with Crippen LogP contribution < -0.4 is 5.32 Å². The zero-order chi connectivity index (χ0) is 11.5. The molecule has 0 aromatic carbocycles. The molecule has 3 nitrogen and oxygen atoms in total. The van der Waals surface area contributed by atoms with Gasteiger partial charge in [-0.3, -0.25) is 0 Å². The van der Waals surface area contributed by atoms with E-state index in [-0.39, 0.29) is 0 Å². The summed E-state index contributed by atoms with van der Waals surface area (Å²) in [6.45, 7) is 8.14. The van der Waals surface area contributed by atoms with E-state index in [1.165, 1.54) is 5.57 Å². The SMILES string of the molecule is C=C(C)CCC(CCOCCOC)NC. The molecular formula is C12H25NO2. The molecule has 1 unspecified atom stereocenters. The van der Waals surface area contributed by atoms with Crippen LogP contribution in [0.25, 0.3) is 0 Å². The van der Waals surface area contributed by atoms with Crippen LogP contribution in [0.3, 0.4) is 0 Å². The summed E-state index contributed by atoms with van der Waals surface area (Å²) >= 11 is 0. The second kappa shape index (κ2) is 10.1. The third-order valence-electron chi connectivity index (χ3n) is 2.37. The number of hydrogen-bond donors (Lipinski definition) is 1. The summed E-state index contributed by atoms with van der Waals surface area (Å²) in [6.07, 6.45) is 3.27. The highest BCUT2D eigenvalue weighted by molar-refractivity contribution is 4.89. The number of methoxy groups -OCH3 is 1. The van der Waals surface area contributed by atoms with Crippen molar-refractivity contribution < 1.29 is 9.47 Å². The third-order valence-corrected chi connectivity index (χ3v) is 2.37. The van der Waals surface area contributed by atoms with Crippen LogP contribution in [0, 0.1) is 0 Å². The number of hydrogen-bond acceptors (Lipinski definition) is 3. The van der Waals surface area contributed by atoms with Crippen LogP contribution in [-0.2, 0) is 9.47 Å². The van der Waals surface area contributed by atoms with Crippen molar-refractivity contribution in [2.75, 3.05) is 34.0 Å². The fourth-order valence-electron chi connectivity index (χ4n) is 1.32. The van der Waals surface area contributed by atoms with E-state index in [4.69, 9.17) is 9.47 Å². The lowest BCUT2D eigenvalue weighted by molar-refractivity contribution is 0.0658. The number of nitrogens with one attached hydrogen (secondary N) is 1. The van der Waals surface area contributed by atoms with Gasteiger partial charge in [0.05, 0.1) is 13.2 Å². The van der Waals surface area contributed by atoms with Gasteiger partial charge in [0.2, 0.25) is 0 Å². The fourth-order valence-corrected chi connectivity index (χ4v) is 1.32. The maximum Gasteiger partial charge on any atom is 0.0700 e. The largest absolute Gasteiger partial charge is 0.382 e. The highest BCUT2D eigenvalue weighted by atomic mass is 16.5. The van der Waals surface area contributed by atoms with Gasteiger partial charge in [0.1, 0.15) is 0 Å². The predicted molar refractivity (Wildman–Crippen MR) is 64.2 cm³/mol. The average Bonchev–Trinajstić information content (AvgIpc) is 2.22. The minimum absolute atomic E-state index is 0.532. The van der Waals surface area contributed by atoms with E-state index < -0.39 is 0 Å². The molecule has 0 saturated heterocycles. The molecule has 1 N–H and O–H groups in total. The monoisotopic (exact) mass is 215 g/mol. The predicted octanol–water partition coefficient (Wildman–Crippen LogP) is 1.98. The molecule has 0 aromatic rings. The van der Waals surface area contributed by atoms with Gasteiger partial charge in [0, 0.05) is 19.8 Å². The van der Waals surface area contributed by atoms with E-state index in [2.05, 4.69) is 18.8 Å². The summed E-state index contributed by atoms with van der Waals surface area (Å²) in [6, 6.07) is 0.532. The maximum atomic E-state index is 5.43. The summed E-state index contributed by atoms with van der Waals surface area (Å²) in [5.41, 5.74) is 1.25. The van der Waals surface area contributed by atoms with Crippen LogP contribution in [-0.4, -0.2) is 40.0 Å². The van der Waals surface area contributed by atoms with Gasteiger partial charge in [-0.15, -0.1) is 6.58 Å². The molecule has 1 atom stereocenters. The topological polar surface area (TPSA) is 30.5 Å². The molecule has 0 saturated carbocycles. The van der Waals surface area contributed by atoms with E-state index in [1.54, 1.807) is 7.11 Å². The van der Waals surface area contributed by atoms with Crippen molar-refractivity contribution >= 4 is 0 Å². The number of rotatable bonds is 10. The van der Waals surface area contributed by atoms with Gasteiger partial charge in [-0.25, -0.2) is 0 Å². The van der Waals surface area contributed by atoms with Gasteiger partial charge in [-0.1, -0.05) is 5.57 Å². The quantitative estimate of drug-likeness (QED) is 0.446. The molecule has 15 heavy (non-hydrogen) atoms. The van der Waals surface area contributed by atoms with Crippen LogP contribution in [0.5, 0.6) is 0 Å². The molecule has 90 valence electrons. The van der Waals surface area contributed by atoms with Crippen LogP contribution in [0.4, 0.5) is 0 Å². The molecule has 0 radical (unpaired) electrons. The molecule has 0 aliphatic rings. The summed E-state index contributed by atoms with van der Waals surface area (Å²) < 4.78 is 10.3. The van der Waals surface area contributed by atoms with Crippen LogP contribution in [0.15, 0.2) is 12.2 Å². The Balaban J connectivity index is 3.40. The molecule has 0 aliphatic carbocycles. The summed E-state index contributed by atoms with van der Waals surface area (Å²) in [7, 11) is 3.69. The van der Waals surface area contributed by atoms with Crippen molar-refractivity contribution in [3.63, 3.8) is 0 Å². The Morgan fingerprint density at radius 1 is 1.27 bits per heavy atom. The number of allylic oxidation sites excluding steroid dienone is 1. The molecule has 0 bridgehead atoms. The normalized spacial score (nSPS) is 12.7. The fraction of sp³-hybridized carbons (Fsp3) is 0.833. The van der Waals surface area contributed by atoms with Crippen LogP contribution in [0.2, 0.25) is 0 Å². The van der Waals surface area contributed by atoms with Crippen molar-refractivity contribution in [2.24, 2.45) is 0 Å². The number of ether oxygens (including phenoxy) is 2. The maximum absolute atomic E-state index is 5.43.